The first kappa shape index (κ1) is 7.21. The van der Waals surface area contributed by atoms with Crippen molar-refractivity contribution in [2.75, 3.05) is 0 Å². The lowest BCUT2D eigenvalue weighted by atomic mass is 10.3. The molecule has 0 atom stereocenters. The van der Waals surface area contributed by atoms with E-state index >= 15 is 0 Å². The summed E-state index contributed by atoms with van der Waals surface area (Å²) in [5, 5.41) is 0. The Labute approximate surface area is 73.2 Å². The molecule has 0 fully saturated rings. The second-order valence-electron chi connectivity index (χ2n) is 1.52. The summed E-state index contributed by atoms with van der Waals surface area (Å²) in [5.41, 5.74) is 0. The molecule has 0 aromatic heterocycles. The number of para-hydroxylation sites is 1. The van der Waals surface area contributed by atoms with Crippen LogP contribution in [0.3, 0.4) is 0 Å². The van der Waals surface area contributed by atoms with Crippen molar-refractivity contribution in [2.24, 2.45) is 0 Å². The first-order valence-electron chi connectivity index (χ1n) is 2.40. The zero-order valence-electron chi connectivity index (χ0n) is 4.54. The van der Waals surface area contributed by atoms with Crippen LogP contribution in [0.2, 0.25) is 0 Å². The highest BCUT2D eigenvalue weighted by Gasteiger charge is 1.93. The largest absolute Gasteiger partial charge is 0.428 e. The molecule has 0 heterocycles. The van der Waals surface area contributed by atoms with Crippen molar-refractivity contribution in [3.63, 3.8) is 0 Å². The molecular weight excluding hydrogens is 247 g/mol. The van der Waals surface area contributed by atoms with Crippen LogP contribution in [0.5, 0.6) is 5.75 Å². The molecule has 0 unspecified atom stereocenters. The number of hydrogen-bond acceptors (Lipinski definition) is 2. The molecule has 0 saturated carbocycles. The van der Waals surface area contributed by atoms with Crippen molar-refractivity contribution in [3.8, 4) is 5.75 Å². The fourth-order valence-electron chi connectivity index (χ4n) is 0.519. The molecule has 9 heavy (non-hydrogen) atoms. The fourth-order valence-corrected chi connectivity index (χ4v) is 1.35. The first-order valence-corrected chi connectivity index (χ1v) is 3.85. The van der Waals surface area contributed by atoms with Gasteiger partial charge in [-0.1, -0.05) is 12.1 Å². The van der Waals surface area contributed by atoms with Crippen LogP contribution in [-0.4, -0.2) is 0 Å². The lowest BCUT2D eigenvalue weighted by molar-refractivity contribution is 0.654. The maximum Gasteiger partial charge on any atom is 0.150 e. The SMILES string of the molecule is SOc1ccccc1I. The van der Waals surface area contributed by atoms with Crippen molar-refractivity contribution in [1.29, 1.82) is 0 Å². The fraction of sp³-hybridized carbons (Fsp3) is 0. The summed E-state index contributed by atoms with van der Waals surface area (Å²) in [6.45, 7) is 0. The molecule has 0 aliphatic carbocycles. The Balaban J connectivity index is 3.01. The highest BCUT2D eigenvalue weighted by molar-refractivity contribution is 14.1. The molecule has 3 heteroatoms. The molecule has 0 amide bonds. The minimum absolute atomic E-state index is 0.807. The lowest BCUT2D eigenvalue weighted by Gasteiger charge is -1.97. The van der Waals surface area contributed by atoms with Gasteiger partial charge in [0.2, 0.25) is 0 Å². The van der Waals surface area contributed by atoms with Crippen molar-refractivity contribution < 1.29 is 4.18 Å². The van der Waals surface area contributed by atoms with Crippen LogP contribution in [0, 0.1) is 3.57 Å². The summed E-state index contributed by atoms with van der Waals surface area (Å²) >= 11 is 5.86. The maximum atomic E-state index is 4.73. The second-order valence-corrected chi connectivity index (χ2v) is 2.87. The maximum absolute atomic E-state index is 4.73. The van der Waals surface area contributed by atoms with E-state index in [2.05, 4.69) is 35.5 Å². The highest BCUT2D eigenvalue weighted by atomic mass is 127. The van der Waals surface area contributed by atoms with Gasteiger partial charge in [0, 0.05) is 12.9 Å². The van der Waals surface area contributed by atoms with E-state index in [-0.39, 0.29) is 0 Å². The standard InChI is InChI=1S/C6H5IOS/c7-5-3-1-2-4-6(5)8-9/h1-4,9H. The average Bonchev–Trinajstić information content (AvgIpc) is 1.89. The Bertz CT molecular complexity index is 202. The van der Waals surface area contributed by atoms with Gasteiger partial charge in [-0.3, -0.25) is 0 Å². The van der Waals surface area contributed by atoms with E-state index in [1.165, 1.54) is 0 Å². The monoisotopic (exact) mass is 252 g/mol. The van der Waals surface area contributed by atoms with Gasteiger partial charge in [0.1, 0.15) is 5.75 Å². The third kappa shape index (κ3) is 1.76. The zero-order valence-corrected chi connectivity index (χ0v) is 7.59. The van der Waals surface area contributed by atoms with Gasteiger partial charge in [0.15, 0.2) is 0 Å². The van der Waals surface area contributed by atoms with E-state index in [0.29, 0.717) is 0 Å². The molecule has 0 aliphatic heterocycles. The van der Waals surface area contributed by atoms with Crippen LogP contribution in [0.25, 0.3) is 0 Å². The third-order valence-electron chi connectivity index (χ3n) is 0.935. The summed E-state index contributed by atoms with van der Waals surface area (Å²) in [4.78, 5) is 0. The molecule has 0 aliphatic rings. The molecule has 1 aromatic rings. The van der Waals surface area contributed by atoms with Gasteiger partial charge >= 0.3 is 0 Å². The van der Waals surface area contributed by atoms with E-state index in [9.17, 15) is 0 Å². The molecule has 0 bridgehead atoms. The molecular formula is C6H5IOS. The van der Waals surface area contributed by atoms with E-state index in [4.69, 9.17) is 4.18 Å². The van der Waals surface area contributed by atoms with Crippen molar-refractivity contribution in [1.82, 2.24) is 0 Å². The minimum Gasteiger partial charge on any atom is -0.428 e. The van der Waals surface area contributed by atoms with Gasteiger partial charge in [-0.15, -0.1) is 0 Å². The number of hydrogen-bond donors (Lipinski definition) is 1. The summed E-state index contributed by atoms with van der Waals surface area (Å²) in [6, 6.07) is 7.70. The Morgan fingerprint density at radius 1 is 1.33 bits per heavy atom. The van der Waals surface area contributed by atoms with Crippen LogP contribution in [0.1, 0.15) is 0 Å². The second kappa shape index (κ2) is 3.31. The quantitative estimate of drug-likeness (QED) is 0.459. The average molecular weight is 252 g/mol. The van der Waals surface area contributed by atoms with E-state index in [0.717, 1.165) is 9.32 Å². The van der Waals surface area contributed by atoms with Crippen molar-refractivity contribution >= 4 is 35.5 Å². The Hall–Kier alpha value is 0.100. The molecule has 1 aromatic carbocycles. The van der Waals surface area contributed by atoms with E-state index < -0.39 is 0 Å². The molecule has 0 saturated heterocycles. The van der Waals surface area contributed by atoms with Gasteiger partial charge in [-0.25, -0.2) is 0 Å². The smallest absolute Gasteiger partial charge is 0.150 e. The number of benzene rings is 1. The molecule has 48 valence electrons. The third-order valence-corrected chi connectivity index (χ3v) is 2.02. The number of rotatable bonds is 1. The topological polar surface area (TPSA) is 9.23 Å². The van der Waals surface area contributed by atoms with Crippen LogP contribution in [0.4, 0.5) is 0 Å². The highest BCUT2D eigenvalue weighted by Crippen LogP contribution is 2.19. The van der Waals surface area contributed by atoms with Gasteiger partial charge in [0.25, 0.3) is 0 Å². The Morgan fingerprint density at radius 2 is 2.00 bits per heavy atom. The van der Waals surface area contributed by atoms with Gasteiger partial charge < -0.3 is 4.18 Å². The normalized spacial score (nSPS) is 9.11. The van der Waals surface area contributed by atoms with Crippen LogP contribution >= 0.6 is 35.5 Å². The summed E-state index contributed by atoms with van der Waals surface area (Å²) < 4.78 is 5.81. The summed E-state index contributed by atoms with van der Waals surface area (Å²) in [6.07, 6.45) is 0. The Kier molecular flexibility index (Phi) is 2.65. The van der Waals surface area contributed by atoms with Gasteiger partial charge in [-0.05, 0) is 34.7 Å². The number of halogens is 1. The molecule has 0 N–H and O–H groups in total. The predicted molar refractivity (Wildman–Crippen MR) is 48.8 cm³/mol. The van der Waals surface area contributed by atoms with E-state index in [1.807, 2.05) is 24.3 Å². The summed E-state index contributed by atoms with van der Waals surface area (Å²) in [5.74, 6) is 0.807. The van der Waals surface area contributed by atoms with Gasteiger partial charge in [0.05, 0.1) is 3.57 Å². The summed E-state index contributed by atoms with van der Waals surface area (Å²) in [7, 11) is 0. The zero-order chi connectivity index (χ0) is 6.69. The molecule has 1 nitrogen and oxygen atoms in total. The lowest BCUT2D eigenvalue weighted by Crippen LogP contribution is -1.77. The van der Waals surface area contributed by atoms with Crippen molar-refractivity contribution in [2.45, 2.75) is 0 Å². The minimum atomic E-state index is 0.807. The Morgan fingerprint density at radius 3 is 2.44 bits per heavy atom. The van der Waals surface area contributed by atoms with Crippen LogP contribution < -0.4 is 4.18 Å². The van der Waals surface area contributed by atoms with E-state index in [1.54, 1.807) is 0 Å². The van der Waals surface area contributed by atoms with Gasteiger partial charge in [-0.2, -0.15) is 0 Å². The molecule has 0 radical (unpaired) electrons. The first-order chi connectivity index (χ1) is 4.34. The predicted octanol–water partition coefficient (Wildman–Crippen LogP) is 2.51. The molecule has 0 spiro atoms. The number of thiol groups is 1. The van der Waals surface area contributed by atoms with Crippen LogP contribution in [-0.2, 0) is 0 Å². The van der Waals surface area contributed by atoms with Crippen molar-refractivity contribution in [3.05, 3.63) is 27.8 Å². The molecule has 1 rings (SSSR count). The van der Waals surface area contributed by atoms with Crippen LogP contribution in [0.15, 0.2) is 24.3 Å².